The molecule has 0 fully saturated rings. The van der Waals surface area contributed by atoms with Gasteiger partial charge in [0.1, 0.15) is 11.5 Å². The Morgan fingerprint density at radius 3 is 2.43 bits per heavy atom. The highest BCUT2D eigenvalue weighted by Gasteiger charge is 2.16. The Balaban J connectivity index is 1.61. The smallest absolute Gasteiger partial charge is 0.381 e. The zero-order valence-electron chi connectivity index (χ0n) is 15.3. The number of nitro benzene ring substituents is 1. The third-order valence-electron chi connectivity index (χ3n) is 4.19. The number of oxazole rings is 1. The van der Waals surface area contributed by atoms with Crippen LogP contribution in [0.5, 0.6) is 11.5 Å². The van der Waals surface area contributed by atoms with Crippen LogP contribution in [0.15, 0.2) is 47.0 Å². The van der Waals surface area contributed by atoms with Crippen molar-refractivity contribution in [1.29, 1.82) is 0 Å². The van der Waals surface area contributed by atoms with E-state index in [0.29, 0.717) is 18.7 Å². The molecule has 0 aliphatic heterocycles. The average Bonchev–Trinajstić information content (AvgIpc) is 3.14. The van der Waals surface area contributed by atoms with Crippen LogP contribution < -0.4 is 4.74 Å². The number of aromatic hydroxyl groups is 1. The molecule has 144 valence electrons. The van der Waals surface area contributed by atoms with Crippen LogP contribution in [0.3, 0.4) is 0 Å². The molecule has 0 unspecified atom stereocenters. The number of aromatic nitrogens is 1. The van der Waals surface area contributed by atoms with Gasteiger partial charge in [-0.3, -0.25) is 10.1 Å². The van der Waals surface area contributed by atoms with E-state index in [1.165, 1.54) is 30.5 Å². The number of hydrogen-bond donors (Lipinski definition) is 1. The number of non-ortho nitro benzene ring substituents is 1. The van der Waals surface area contributed by atoms with Gasteiger partial charge in [0.05, 0.1) is 11.1 Å². The number of carbonyl (C=O) groups is 1. The van der Waals surface area contributed by atoms with Crippen LogP contribution in [0.25, 0.3) is 0 Å². The van der Waals surface area contributed by atoms with Crippen LogP contribution in [0.1, 0.15) is 33.1 Å². The lowest BCUT2D eigenvalue weighted by Gasteiger charge is -2.07. The molecule has 0 saturated carbocycles. The lowest BCUT2D eigenvalue weighted by Crippen LogP contribution is -2.07. The van der Waals surface area contributed by atoms with Gasteiger partial charge >= 0.3 is 5.97 Å². The number of aryl methyl sites for hydroxylation is 4. The quantitative estimate of drug-likeness (QED) is 0.297. The van der Waals surface area contributed by atoms with Crippen molar-refractivity contribution >= 4 is 11.7 Å². The SMILES string of the molecule is Cc1cc(CCc2ncc(C(=O)Oc3ccc([N+](=O)[O-])cc3)o2)cc(C)c1O. The summed E-state index contributed by atoms with van der Waals surface area (Å²) in [5.74, 6) is 0.0640. The predicted molar refractivity (Wildman–Crippen MR) is 99.5 cm³/mol. The van der Waals surface area contributed by atoms with Crippen molar-refractivity contribution in [2.45, 2.75) is 26.7 Å². The lowest BCUT2D eigenvalue weighted by atomic mass is 10.0. The van der Waals surface area contributed by atoms with Crippen molar-refractivity contribution in [3.8, 4) is 11.5 Å². The minimum absolute atomic E-state index is 0.0496. The second-order valence-corrected chi connectivity index (χ2v) is 6.34. The molecule has 8 heteroatoms. The van der Waals surface area contributed by atoms with Gasteiger partial charge in [0.15, 0.2) is 5.89 Å². The minimum Gasteiger partial charge on any atom is -0.507 e. The van der Waals surface area contributed by atoms with Gasteiger partial charge in [-0.25, -0.2) is 9.78 Å². The van der Waals surface area contributed by atoms with Gasteiger partial charge in [-0.2, -0.15) is 0 Å². The second-order valence-electron chi connectivity index (χ2n) is 6.34. The third kappa shape index (κ3) is 4.35. The molecule has 0 spiro atoms. The molecule has 2 aromatic carbocycles. The fourth-order valence-electron chi connectivity index (χ4n) is 2.75. The van der Waals surface area contributed by atoms with Crippen LogP contribution in [0.2, 0.25) is 0 Å². The van der Waals surface area contributed by atoms with Crippen LogP contribution in [-0.4, -0.2) is 21.0 Å². The molecule has 3 aromatic rings. The summed E-state index contributed by atoms with van der Waals surface area (Å²) in [5, 5.41) is 20.5. The van der Waals surface area contributed by atoms with Gasteiger partial charge in [0.25, 0.3) is 5.69 Å². The van der Waals surface area contributed by atoms with Gasteiger partial charge in [0, 0.05) is 18.6 Å². The number of phenolic OH excluding ortho intramolecular Hbond substituents is 1. The second kappa shape index (κ2) is 7.91. The molecule has 0 bridgehead atoms. The standard InChI is InChI=1S/C20H18N2O6/c1-12-9-14(10-13(2)19(12)23)3-8-18-21-11-17(28-18)20(24)27-16-6-4-15(5-7-16)22(25)26/h4-7,9-11,23H,3,8H2,1-2H3. The van der Waals surface area contributed by atoms with Gasteiger partial charge < -0.3 is 14.3 Å². The summed E-state index contributed by atoms with van der Waals surface area (Å²) in [5.41, 5.74) is 2.53. The van der Waals surface area contributed by atoms with E-state index < -0.39 is 10.9 Å². The average molecular weight is 382 g/mol. The van der Waals surface area contributed by atoms with E-state index in [4.69, 9.17) is 9.15 Å². The molecular formula is C20H18N2O6. The molecule has 1 heterocycles. The number of esters is 1. The first-order chi connectivity index (χ1) is 13.3. The Labute approximate surface area is 160 Å². The van der Waals surface area contributed by atoms with Crippen molar-refractivity contribution in [3.05, 3.63) is 81.1 Å². The molecular weight excluding hydrogens is 364 g/mol. The number of hydrogen-bond acceptors (Lipinski definition) is 7. The molecule has 3 rings (SSSR count). The Bertz CT molecular complexity index is 1000. The fourth-order valence-corrected chi connectivity index (χ4v) is 2.75. The molecule has 0 radical (unpaired) electrons. The summed E-state index contributed by atoms with van der Waals surface area (Å²) < 4.78 is 10.6. The largest absolute Gasteiger partial charge is 0.507 e. The van der Waals surface area contributed by atoms with Crippen LogP contribution in [-0.2, 0) is 12.8 Å². The number of benzene rings is 2. The number of carbonyl (C=O) groups excluding carboxylic acids is 1. The summed E-state index contributed by atoms with van der Waals surface area (Å²) in [6, 6.07) is 8.96. The normalized spacial score (nSPS) is 10.6. The Morgan fingerprint density at radius 2 is 1.82 bits per heavy atom. The van der Waals surface area contributed by atoms with Crippen molar-refractivity contribution < 1.29 is 24.0 Å². The summed E-state index contributed by atoms with van der Waals surface area (Å²) in [6.07, 6.45) is 2.41. The zero-order chi connectivity index (χ0) is 20.3. The van der Waals surface area contributed by atoms with Crippen molar-refractivity contribution in [3.63, 3.8) is 0 Å². The first-order valence-electron chi connectivity index (χ1n) is 8.54. The Kier molecular flexibility index (Phi) is 5.39. The Morgan fingerprint density at radius 1 is 1.18 bits per heavy atom. The van der Waals surface area contributed by atoms with Gasteiger partial charge in [-0.05, 0) is 49.1 Å². The summed E-state index contributed by atoms with van der Waals surface area (Å²) >= 11 is 0. The number of nitro groups is 1. The van der Waals surface area contributed by atoms with Crippen LogP contribution in [0.4, 0.5) is 5.69 Å². The first kappa shape index (κ1) is 19.1. The topological polar surface area (TPSA) is 116 Å². The van der Waals surface area contributed by atoms with E-state index in [-0.39, 0.29) is 22.9 Å². The highest BCUT2D eigenvalue weighted by atomic mass is 16.6. The fraction of sp³-hybridized carbons (Fsp3) is 0.200. The van der Waals surface area contributed by atoms with E-state index in [1.54, 1.807) is 0 Å². The monoisotopic (exact) mass is 382 g/mol. The highest BCUT2D eigenvalue weighted by Crippen LogP contribution is 2.24. The molecule has 0 amide bonds. The number of nitrogens with zero attached hydrogens (tertiary/aromatic N) is 2. The molecule has 1 aromatic heterocycles. The number of ether oxygens (including phenoxy) is 1. The van der Waals surface area contributed by atoms with Gasteiger partial charge in [0.2, 0.25) is 5.76 Å². The van der Waals surface area contributed by atoms with E-state index in [0.717, 1.165) is 16.7 Å². The summed E-state index contributed by atoms with van der Waals surface area (Å²) in [7, 11) is 0. The zero-order valence-corrected chi connectivity index (χ0v) is 15.3. The minimum atomic E-state index is -0.732. The van der Waals surface area contributed by atoms with E-state index in [2.05, 4.69) is 4.98 Å². The molecule has 0 aliphatic carbocycles. The molecule has 8 nitrogen and oxygen atoms in total. The molecule has 1 N–H and O–H groups in total. The van der Waals surface area contributed by atoms with E-state index in [9.17, 15) is 20.0 Å². The van der Waals surface area contributed by atoms with Crippen molar-refractivity contribution in [2.75, 3.05) is 0 Å². The summed E-state index contributed by atoms with van der Waals surface area (Å²) in [6.45, 7) is 3.67. The van der Waals surface area contributed by atoms with Crippen LogP contribution in [0, 0.1) is 24.0 Å². The maximum Gasteiger partial charge on any atom is 0.381 e. The number of rotatable bonds is 6. The highest BCUT2D eigenvalue weighted by molar-refractivity contribution is 5.87. The first-order valence-corrected chi connectivity index (χ1v) is 8.54. The third-order valence-corrected chi connectivity index (χ3v) is 4.19. The molecule has 0 aliphatic rings. The van der Waals surface area contributed by atoms with Gasteiger partial charge in [-0.15, -0.1) is 0 Å². The maximum atomic E-state index is 12.1. The van der Waals surface area contributed by atoms with Crippen LogP contribution >= 0.6 is 0 Å². The van der Waals surface area contributed by atoms with Crippen molar-refractivity contribution in [1.82, 2.24) is 4.98 Å². The van der Waals surface area contributed by atoms with E-state index >= 15 is 0 Å². The predicted octanol–water partition coefficient (Wildman–Crippen LogP) is 3.91. The molecule has 0 saturated heterocycles. The Hall–Kier alpha value is -3.68. The van der Waals surface area contributed by atoms with E-state index in [1.807, 2.05) is 26.0 Å². The van der Waals surface area contributed by atoms with Gasteiger partial charge in [-0.1, -0.05) is 12.1 Å². The lowest BCUT2D eigenvalue weighted by molar-refractivity contribution is -0.384. The summed E-state index contributed by atoms with van der Waals surface area (Å²) in [4.78, 5) is 26.3. The maximum absolute atomic E-state index is 12.1. The van der Waals surface area contributed by atoms with Crippen molar-refractivity contribution in [2.24, 2.45) is 0 Å². The molecule has 28 heavy (non-hydrogen) atoms. The number of phenols is 1. The molecule has 0 atom stereocenters.